The highest BCUT2D eigenvalue weighted by molar-refractivity contribution is 4.85. The summed E-state index contributed by atoms with van der Waals surface area (Å²) in [6, 6.07) is 0. The Morgan fingerprint density at radius 3 is 3.33 bits per heavy atom. The largest absolute Gasteiger partial charge is 0.396 e. The maximum absolute atomic E-state index is 8.75. The van der Waals surface area contributed by atoms with E-state index in [0.717, 1.165) is 19.4 Å². The van der Waals surface area contributed by atoms with E-state index < -0.39 is 0 Å². The Morgan fingerprint density at radius 1 is 1.67 bits per heavy atom. The van der Waals surface area contributed by atoms with Gasteiger partial charge in [0.15, 0.2) is 0 Å². The Balaban J connectivity index is 2.26. The van der Waals surface area contributed by atoms with Crippen molar-refractivity contribution in [2.45, 2.75) is 12.8 Å². The highest BCUT2D eigenvalue weighted by atomic mass is 16.3. The molecule has 1 unspecified atom stereocenters. The third-order valence-electron chi connectivity index (χ3n) is 1.64. The number of hydrogen-bond donors (Lipinski definition) is 2. The van der Waals surface area contributed by atoms with Crippen LogP contribution in [0.1, 0.15) is 12.8 Å². The molecule has 0 fully saturated rings. The second-order valence-electron chi connectivity index (χ2n) is 2.44. The number of hydrogen-bond acceptors (Lipinski definition) is 2. The molecule has 52 valence electrons. The van der Waals surface area contributed by atoms with Gasteiger partial charge in [-0.15, -0.1) is 0 Å². The van der Waals surface area contributed by atoms with Crippen molar-refractivity contribution in [3.63, 3.8) is 0 Å². The molecule has 1 aliphatic rings. The van der Waals surface area contributed by atoms with Gasteiger partial charge in [0.2, 0.25) is 0 Å². The van der Waals surface area contributed by atoms with E-state index in [1.807, 2.05) is 6.20 Å². The highest BCUT2D eigenvalue weighted by Crippen LogP contribution is 2.07. The third-order valence-corrected chi connectivity index (χ3v) is 1.64. The average Bonchev–Trinajstić information content (AvgIpc) is 2.13. The van der Waals surface area contributed by atoms with Crippen LogP contribution in [0.5, 0.6) is 0 Å². The molecule has 1 aliphatic heterocycles. The van der Waals surface area contributed by atoms with Crippen molar-refractivity contribution in [1.82, 2.24) is 5.32 Å². The molecule has 0 amide bonds. The standard InChI is InChI=1S/C7H13NO/c9-6-7-3-1-2-4-8-5-7/h2,4,7-9H,1,3,5-6H2. The molecule has 2 heteroatoms. The normalized spacial score (nSPS) is 27.0. The van der Waals surface area contributed by atoms with Crippen molar-refractivity contribution in [3.05, 3.63) is 12.3 Å². The monoisotopic (exact) mass is 127 g/mol. The summed E-state index contributed by atoms with van der Waals surface area (Å²) in [5, 5.41) is 11.9. The molecule has 9 heavy (non-hydrogen) atoms. The van der Waals surface area contributed by atoms with Crippen LogP contribution in [0, 0.1) is 5.92 Å². The number of aliphatic hydroxyl groups is 1. The summed E-state index contributed by atoms with van der Waals surface area (Å²) < 4.78 is 0. The van der Waals surface area contributed by atoms with E-state index >= 15 is 0 Å². The first-order valence-electron chi connectivity index (χ1n) is 3.42. The van der Waals surface area contributed by atoms with Gasteiger partial charge in [0.05, 0.1) is 0 Å². The number of rotatable bonds is 1. The minimum Gasteiger partial charge on any atom is -0.396 e. The second kappa shape index (κ2) is 3.51. The molecule has 0 aromatic carbocycles. The zero-order chi connectivity index (χ0) is 6.53. The minimum absolute atomic E-state index is 0.314. The van der Waals surface area contributed by atoms with E-state index in [9.17, 15) is 0 Å². The molecule has 0 aromatic heterocycles. The zero-order valence-electron chi connectivity index (χ0n) is 5.51. The molecule has 1 heterocycles. The molecule has 0 aromatic rings. The van der Waals surface area contributed by atoms with Crippen LogP contribution in [0.2, 0.25) is 0 Å². The van der Waals surface area contributed by atoms with Gasteiger partial charge in [-0.25, -0.2) is 0 Å². The van der Waals surface area contributed by atoms with Gasteiger partial charge in [-0.1, -0.05) is 6.08 Å². The first-order valence-corrected chi connectivity index (χ1v) is 3.42. The van der Waals surface area contributed by atoms with Crippen LogP contribution in [0.25, 0.3) is 0 Å². The molecule has 0 saturated heterocycles. The van der Waals surface area contributed by atoms with Gasteiger partial charge < -0.3 is 10.4 Å². The van der Waals surface area contributed by atoms with Gasteiger partial charge >= 0.3 is 0 Å². The maximum atomic E-state index is 8.75. The van der Waals surface area contributed by atoms with Gasteiger partial charge in [0, 0.05) is 13.2 Å². The predicted octanol–water partition coefficient (Wildman–Crippen LogP) is 0.492. The van der Waals surface area contributed by atoms with E-state index in [4.69, 9.17) is 5.11 Å². The van der Waals surface area contributed by atoms with Crippen LogP contribution in [0.15, 0.2) is 12.3 Å². The lowest BCUT2D eigenvalue weighted by Gasteiger charge is -2.08. The van der Waals surface area contributed by atoms with Crippen molar-refractivity contribution < 1.29 is 5.11 Å². The fourth-order valence-corrected chi connectivity index (χ4v) is 0.991. The minimum atomic E-state index is 0.314. The Labute approximate surface area is 55.6 Å². The molecule has 0 saturated carbocycles. The summed E-state index contributed by atoms with van der Waals surface area (Å²) >= 11 is 0. The summed E-state index contributed by atoms with van der Waals surface area (Å²) in [6.45, 7) is 1.24. The molecule has 0 spiro atoms. The summed E-state index contributed by atoms with van der Waals surface area (Å²) in [5.41, 5.74) is 0. The lowest BCUT2D eigenvalue weighted by Crippen LogP contribution is -2.19. The Morgan fingerprint density at radius 2 is 2.56 bits per heavy atom. The second-order valence-corrected chi connectivity index (χ2v) is 2.44. The molecule has 0 bridgehead atoms. The molecule has 1 atom stereocenters. The van der Waals surface area contributed by atoms with Gasteiger partial charge in [-0.2, -0.15) is 0 Å². The van der Waals surface area contributed by atoms with E-state index in [0.29, 0.717) is 12.5 Å². The molecule has 0 radical (unpaired) electrons. The molecular formula is C7H13NO. The summed E-state index contributed by atoms with van der Waals surface area (Å²) in [7, 11) is 0. The summed E-state index contributed by atoms with van der Waals surface area (Å²) in [6.07, 6.45) is 6.28. The first kappa shape index (κ1) is 6.62. The Hall–Kier alpha value is -0.500. The average molecular weight is 127 g/mol. The van der Waals surface area contributed by atoms with E-state index in [-0.39, 0.29) is 0 Å². The molecule has 2 N–H and O–H groups in total. The summed E-state index contributed by atoms with van der Waals surface area (Å²) in [5.74, 6) is 0.458. The number of aliphatic hydroxyl groups excluding tert-OH is 1. The number of allylic oxidation sites excluding steroid dienone is 1. The van der Waals surface area contributed by atoms with Crippen molar-refractivity contribution in [2.24, 2.45) is 5.92 Å². The van der Waals surface area contributed by atoms with Crippen LogP contribution < -0.4 is 5.32 Å². The molecular weight excluding hydrogens is 114 g/mol. The van der Waals surface area contributed by atoms with E-state index in [2.05, 4.69) is 11.4 Å². The highest BCUT2D eigenvalue weighted by Gasteiger charge is 2.05. The van der Waals surface area contributed by atoms with Crippen LogP contribution in [-0.2, 0) is 0 Å². The lowest BCUT2D eigenvalue weighted by molar-refractivity contribution is 0.221. The first-order chi connectivity index (χ1) is 4.43. The van der Waals surface area contributed by atoms with Crippen molar-refractivity contribution >= 4 is 0 Å². The summed E-state index contributed by atoms with van der Waals surface area (Å²) in [4.78, 5) is 0. The van der Waals surface area contributed by atoms with Crippen molar-refractivity contribution in [1.29, 1.82) is 0 Å². The van der Waals surface area contributed by atoms with Crippen LogP contribution >= 0.6 is 0 Å². The van der Waals surface area contributed by atoms with Gasteiger partial charge in [0.1, 0.15) is 0 Å². The van der Waals surface area contributed by atoms with Gasteiger partial charge in [0.25, 0.3) is 0 Å². The quantitative estimate of drug-likeness (QED) is 0.537. The fourth-order valence-electron chi connectivity index (χ4n) is 0.991. The van der Waals surface area contributed by atoms with E-state index in [1.54, 1.807) is 0 Å². The molecule has 2 nitrogen and oxygen atoms in total. The maximum Gasteiger partial charge on any atom is 0.0476 e. The smallest absolute Gasteiger partial charge is 0.0476 e. The fraction of sp³-hybridized carbons (Fsp3) is 0.714. The van der Waals surface area contributed by atoms with Crippen molar-refractivity contribution in [3.8, 4) is 0 Å². The Bertz CT molecular complexity index is 91.1. The van der Waals surface area contributed by atoms with E-state index in [1.165, 1.54) is 0 Å². The van der Waals surface area contributed by atoms with Crippen LogP contribution in [0.3, 0.4) is 0 Å². The van der Waals surface area contributed by atoms with Crippen LogP contribution in [0.4, 0.5) is 0 Å². The van der Waals surface area contributed by atoms with Gasteiger partial charge in [-0.3, -0.25) is 0 Å². The zero-order valence-corrected chi connectivity index (χ0v) is 5.51. The molecule has 0 aliphatic carbocycles. The van der Waals surface area contributed by atoms with Gasteiger partial charge in [-0.05, 0) is 25.0 Å². The van der Waals surface area contributed by atoms with Crippen LogP contribution in [-0.4, -0.2) is 18.3 Å². The Kier molecular flexibility index (Phi) is 2.58. The topological polar surface area (TPSA) is 32.3 Å². The number of nitrogens with one attached hydrogen (secondary N) is 1. The molecule has 1 rings (SSSR count). The third kappa shape index (κ3) is 2.06. The SMILES string of the molecule is OCC1CCC=CNC1. The predicted molar refractivity (Wildman–Crippen MR) is 37.0 cm³/mol. The lowest BCUT2D eigenvalue weighted by atomic mass is 10.1. The van der Waals surface area contributed by atoms with Crippen molar-refractivity contribution in [2.75, 3.05) is 13.2 Å².